The van der Waals surface area contributed by atoms with E-state index < -0.39 is 28.4 Å². The zero-order chi connectivity index (χ0) is 13.2. The van der Waals surface area contributed by atoms with Crippen molar-refractivity contribution < 1.29 is 22.7 Å². The highest BCUT2D eigenvalue weighted by molar-refractivity contribution is 9.10. The highest BCUT2D eigenvalue weighted by Gasteiger charge is 2.22. The molecule has 8 heteroatoms. The molecule has 5 nitrogen and oxygen atoms in total. The molecule has 17 heavy (non-hydrogen) atoms. The fraction of sp³-hybridized carbons (Fsp3) is 0.222. The number of nitrogens with zero attached hydrogens (tertiary/aromatic N) is 1. The number of hydrogen-bond donors (Lipinski definition) is 1. The second kappa shape index (κ2) is 5.01. The molecule has 0 amide bonds. The van der Waals surface area contributed by atoms with Crippen LogP contribution >= 0.6 is 15.9 Å². The summed E-state index contributed by atoms with van der Waals surface area (Å²) in [5.41, 5.74) is 0.0799. The summed E-state index contributed by atoms with van der Waals surface area (Å²) in [6.07, 6.45) is 0.881. The minimum absolute atomic E-state index is 0.0799. The van der Waals surface area contributed by atoms with Gasteiger partial charge in [-0.3, -0.25) is 9.10 Å². The SMILES string of the molecule is CS(=O)(=O)N(CC(=O)O)c1ccc(F)cc1Br. The van der Waals surface area contributed by atoms with E-state index in [4.69, 9.17) is 5.11 Å². The third-order valence-corrected chi connectivity index (χ3v) is 3.62. The van der Waals surface area contributed by atoms with Crippen LogP contribution in [0.5, 0.6) is 0 Å². The van der Waals surface area contributed by atoms with Gasteiger partial charge in [0.25, 0.3) is 0 Å². The molecule has 0 heterocycles. The van der Waals surface area contributed by atoms with Gasteiger partial charge in [-0.15, -0.1) is 0 Å². The molecule has 0 unspecified atom stereocenters. The molecule has 0 aliphatic carbocycles. The average molecular weight is 326 g/mol. The Bertz CT molecular complexity index is 546. The highest BCUT2D eigenvalue weighted by atomic mass is 79.9. The number of aliphatic carboxylic acids is 1. The molecule has 1 aromatic carbocycles. The Morgan fingerprint density at radius 1 is 1.53 bits per heavy atom. The van der Waals surface area contributed by atoms with Gasteiger partial charge in [-0.2, -0.15) is 0 Å². The minimum Gasteiger partial charge on any atom is -0.480 e. The second-order valence-electron chi connectivity index (χ2n) is 3.26. The van der Waals surface area contributed by atoms with E-state index in [-0.39, 0.29) is 10.2 Å². The molecule has 1 rings (SSSR count). The van der Waals surface area contributed by atoms with Crippen LogP contribution in [0.2, 0.25) is 0 Å². The Morgan fingerprint density at radius 2 is 2.12 bits per heavy atom. The highest BCUT2D eigenvalue weighted by Crippen LogP contribution is 2.28. The molecule has 1 N–H and O–H groups in total. The van der Waals surface area contributed by atoms with Crippen LogP contribution in [-0.4, -0.2) is 32.3 Å². The molecule has 0 saturated heterocycles. The van der Waals surface area contributed by atoms with E-state index in [1.54, 1.807) is 0 Å². The van der Waals surface area contributed by atoms with Crippen molar-refractivity contribution in [3.63, 3.8) is 0 Å². The van der Waals surface area contributed by atoms with Gasteiger partial charge in [0.2, 0.25) is 10.0 Å². The molecule has 1 aromatic rings. The van der Waals surface area contributed by atoms with Gasteiger partial charge in [-0.25, -0.2) is 12.8 Å². The van der Waals surface area contributed by atoms with Crippen LogP contribution in [0.15, 0.2) is 22.7 Å². The molecule has 0 radical (unpaired) electrons. The maximum atomic E-state index is 12.9. The number of anilines is 1. The van der Waals surface area contributed by atoms with Crippen molar-refractivity contribution in [2.45, 2.75) is 0 Å². The summed E-state index contributed by atoms with van der Waals surface area (Å²) in [6.45, 7) is -0.719. The number of benzene rings is 1. The van der Waals surface area contributed by atoms with E-state index in [1.807, 2.05) is 0 Å². The maximum absolute atomic E-state index is 12.9. The van der Waals surface area contributed by atoms with Gasteiger partial charge in [0.15, 0.2) is 0 Å². The number of sulfonamides is 1. The summed E-state index contributed by atoms with van der Waals surface area (Å²) in [5, 5.41) is 8.66. The standard InChI is InChI=1S/C9H9BrFNO4S/c1-17(15,16)12(5-9(13)14)8-3-2-6(11)4-7(8)10/h2-4H,5H2,1H3,(H,13,14). The van der Waals surface area contributed by atoms with E-state index in [0.717, 1.165) is 18.4 Å². The molecule has 0 aromatic heterocycles. The molecular formula is C9H9BrFNO4S. The van der Waals surface area contributed by atoms with Gasteiger partial charge in [0.05, 0.1) is 11.9 Å². The smallest absolute Gasteiger partial charge is 0.324 e. The Balaban J connectivity index is 3.27. The largest absolute Gasteiger partial charge is 0.480 e. The lowest BCUT2D eigenvalue weighted by molar-refractivity contribution is -0.135. The van der Waals surface area contributed by atoms with Gasteiger partial charge in [0.1, 0.15) is 12.4 Å². The van der Waals surface area contributed by atoms with E-state index in [1.165, 1.54) is 6.07 Å². The van der Waals surface area contributed by atoms with Crippen molar-refractivity contribution in [3.8, 4) is 0 Å². The second-order valence-corrected chi connectivity index (χ2v) is 6.02. The summed E-state index contributed by atoms with van der Waals surface area (Å²) in [7, 11) is -3.75. The van der Waals surface area contributed by atoms with Crippen molar-refractivity contribution >= 4 is 37.6 Å². The van der Waals surface area contributed by atoms with Gasteiger partial charge in [0, 0.05) is 4.47 Å². The van der Waals surface area contributed by atoms with E-state index in [9.17, 15) is 17.6 Å². The van der Waals surface area contributed by atoms with Crippen LogP contribution in [0, 0.1) is 5.82 Å². The third-order valence-electron chi connectivity index (χ3n) is 1.86. The van der Waals surface area contributed by atoms with Crippen LogP contribution in [0.3, 0.4) is 0 Å². The van der Waals surface area contributed by atoms with Crippen LogP contribution in [0.25, 0.3) is 0 Å². The van der Waals surface area contributed by atoms with Crippen LogP contribution in [-0.2, 0) is 14.8 Å². The lowest BCUT2D eigenvalue weighted by Crippen LogP contribution is -2.35. The lowest BCUT2D eigenvalue weighted by Gasteiger charge is -2.21. The number of carbonyl (C=O) groups is 1. The first-order valence-corrected chi connectivity index (χ1v) is 7.00. The predicted molar refractivity (Wildman–Crippen MR) is 63.9 cm³/mol. The molecule has 0 saturated carbocycles. The number of carboxylic acids is 1. The van der Waals surface area contributed by atoms with E-state index >= 15 is 0 Å². The van der Waals surface area contributed by atoms with Crippen LogP contribution in [0.1, 0.15) is 0 Å². The van der Waals surface area contributed by atoms with Crippen molar-refractivity contribution in [3.05, 3.63) is 28.5 Å². The topological polar surface area (TPSA) is 74.7 Å². The molecule has 0 aliphatic heterocycles. The molecular weight excluding hydrogens is 317 g/mol. The van der Waals surface area contributed by atoms with E-state index in [2.05, 4.69) is 15.9 Å². The zero-order valence-electron chi connectivity index (χ0n) is 8.72. The number of hydrogen-bond acceptors (Lipinski definition) is 3. The summed E-state index contributed by atoms with van der Waals surface area (Å²) in [5.74, 6) is -1.85. The van der Waals surface area contributed by atoms with E-state index in [0.29, 0.717) is 4.31 Å². The Kier molecular flexibility index (Phi) is 4.10. The first-order valence-electron chi connectivity index (χ1n) is 4.36. The van der Waals surface area contributed by atoms with Gasteiger partial charge >= 0.3 is 5.97 Å². The number of carboxylic acid groups (broad SMARTS) is 1. The third kappa shape index (κ3) is 3.67. The molecule has 0 atom stereocenters. The fourth-order valence-corrected chi connectivity index (χ4v) is 2.73. The Labute approximate surface area is 106 Å². The average Bonchev–Trinajstić information content (AvgIpc) is 2.13. The minimum atomic E-state index is -3.75. The van der Waals surface area contributed by atoms with Gasteiger partial charge < -0.3 is 5.11 Å². The predicted octanol–water partition coefficient (Wildman–Crippen LogP) is 1.44. The number of halogens is 2. The van der Waals surface area contributed by atoms with Crippen molar-refractivity contribution in [2.75, 3.05) is 17.1 Å². The summed E-state index contributed by atoms with van der Waals surface area (Å²) >= 11 is 2.99. The monoisotopic (exact) mass is 325 g/mol. The fourth-order valence-electron chi connectivity index (χ4n) is 1.19. The maximum Gasteiger partial charge on any atom is 0.324 e. The van der Waals surface area contributed by atoms with Crippen LogP contribution < -0.4 is 4.31 Å². The molecule has 0 aliphatic rings. The van der Waals surface area contributed by atoms with Gasteiger partial charge in [-0.05, 0) is 34.1 Å². The molecule has 0 fully saturated rings. The number of rotatable bonds is 4. The normalized spacial score (nSPS) is 11.2. The first kappa shape index (κ1) is 13.9. The molecule has 0 bridgehead atoms. The Hall–Kier alpha value is -1.15. The Morgan fingerprint density at radius 3 is 2.53 bits per heavy atom. The summed E-state index contributed by atoms with van der Waals surface area (Å²) in [4.78, 5) is 10.6. The molecule has 94 valence electrons. The van der Waals surface area contributed by atoms with Crippen molar-refractivity contribution in [1.29, 1.82) is 0 Å². The van der Waals surface area contributed by atoms with Crippen LogP contribution in [0.4, 0.5) is 10.1 Å². The summed E-state index contributed by atoms with van der Waals surface area (Å²) < 4.78 is 36.6. The first-order chi connectivity index (χ1) is 7.71. The zero-order valence-corrected chi connectivity index (χ0v) is 11.1. The van der Waals surface area contributed by atoms with Crippen molar-refractivity contribution in [1.82, 2.24) is 0 Å². The van der Waals surface area contributed by atoms with Gasteiger partial charge in [-0.1, -0.05) is 0 Å². The summed E-state index contributed by atoms with van der Waals surface area (Å²) in [6, 6.07) is 3.32. The lowest BCUT2D eigenvalue weighted by atomic mass is 10.3. The quantitative estimate of drug-likeness (QED) is 0.908. The van der Waals surface area contributed by atoms with Crippen molar-refractivity contribution in [2.24, 2.45) is 0 Å². The molecule has 0 spiro atoms.